The van der Waals surface area contributed by atoms with Crippen LogP contribution < -0.4 is 5.73 Å². The van der Waals surface area contributed by atoms with E-state index in [0.717, 1.165) is 12.2 Å². The number of rotatable bonds is 3. The van der Waals surface area contributed by atoms with E-state index in [4.69, 9.17) is 15.2 Å². The number of hydrogen-bond donors (Lipinski definition) is 1. The molecule has 1 aromatic heterocycles. The van der Waals surface area contributed by atoms with Crippen LogP contribution in [0.25, 0.3) is 0 Å². The molecular formula is C15H22N4O3. The highest BCUT2D eigenvalue weighted by atomic mass is 16.5. The first-order chi connectivity index (χ1) is 10.7. The molecule has 2 N–H and O–H groups in total. The lowest BCUT2D eigenvalue weighted by Crippen LogP contribution is -2.48. The summed E-state index contributed by atoms with van der Waals surface area (Å²) in [7, 11) is 0. The highest BCUT2D eigenvalue weighted by molar-refractivity contribution is 5.78. The molecule has 2 aliphatic heterocycles. The average molecular weight is 306 g/mol. The Morgan fingerprint density at radius 3 is 2.86 bits per heavy atom. The molecule has 22 heavy (non-hydrogen) atoms. The summed E-state index contributed by atoms with van der Waals surface area (Å²) in [4.78, 5) is 20.6. The number of carbonyl (C=O) groups excluding carboxylic acids is 1. The topological polar surface area (TPSA) is 80.9 Å². The third kappa shape index (κ3) is 3.73. The fourth-order valence-electron chi connectivity index (χ4n) is 2.78. The van der Waals surface area contributed by atoms with Crippen LogP contribution >= 0.6 is 0 Å². The monoisotopic (exact) mass is 306 g/mol. The van der Waals surface area contributed by atoms with Crippen LogP contribution in [0.3, 0.4) is 0 Å². The number of nitrogen functional groups attached to an aromatic ring is 1. The van der Waals surface area contributed by atoms with Crippen LogP contribution in [0.1, 0.15) is 11.8 Å². The largest absolute Gasteiger partial charge is 0.384 e. The summed E-state index contributed by atoms with van der Waals surface area (Å²) < 4.78 is 11.1. The summed E-state index contributed by atoms with van der Waals surface area (Å²) in [6, 6.07) is 5.54. The van der Waals surface area contributed by atoms with Crippen molar-refractivity contribution < 1.29 is 14.3 Å². The summed E-state index contributed by atoms with van der Waals surface area (Å²) in [5.41, 5.74) is 6.55. The van der Waals surface area contributed by atoms with Crippen LogP contribution in [0.5, 0.6) is 0 Å². The SMILES string of the molecule is Nc1cccc([C@H]2CN(CC(=O)N3CCOCC3)CCO2)n1. The molecule has 2 fully saturated rings. The molecule has 0 spiro atoms. The van der Waals surface area contributed by atoms with E-state index in [-0.39, 0.29) is 12.0 Å². The molecular weight excluding hydrogens is 284 g/mol. The van der Waals surface area contributed by atoms with E-state index in [1.165, 1.54) is 0 Å². The number of pyridine rings is 1. The Bertz CT molecular complexity index is 519. The van der Waals surface area contributed by atoms with E-state index < -0.39 is 0 Å². The molecule has 0 saturated carbocycles. The first-order valence-electron chi connectivity index (χ1n) is 7.64. The molecule has 1 aromatic rings. The first kappa shape index (κ1) is 15.2. The molecule has 0 aromatic carbocycles. The standard InChI is InChI=1S/C15H22N4O3/c16-14-3-1-2-12(17-14)13-10-18(4-9-22-13)11-15(20)19-5-7-21-8-6-19/h1-3,13H,4-11H2,(H2,16,17)/t13-/m1/s1. The van der Waals surface area contributed by atoms with E-state index in [0.29, 0.717) is 51.8 Å². The van der Waals surface area contributed by atoms with E-state index >= 15 is 0 Å². The Kier molecular flexibility index (Phi) is 4.87. The number of carbonyl (C=O) groups is 1. The van der Waals surface area contributed by atoms with Crippen LogP contribution in [-0.4, -0.2) is 73.2 Å². The molecule has 1 atom stereocenters. The Hall–Kier alpha value is -1.70. The van der Waals surface area contributed by atoms with Gasteiger partial charge in [0.15, 0.2) is 0 Å². The lowest BCUT2D eigenvalue weighted by Gasteiger charge is -2.34. The fourth-order valence-corrected chi connectivity index (χ4v) is 2.78. The van der Waals surface area contributed by atoms with Crippen molar-refractivity contribution in [3.63, 3.8) is 0 Å². The molecule has 7 nitrogen and oxygen atoms in total. The van der Waals surface area contributed by atoms with Gasteiger partial charge in [0.2, 0.25) is 5.91 Å². The minimum atomic E-state index is -0.130. The number of aromatic nitrogens is 1. The van der Waals surface area contributed by atoms with Crippen molar-refractivity contribution in [3.05, 3.63) is 23.9 Å². The molecule has 120 valence electrons. The van der Waals surface area contributed by atoms with Gasteiger partial charge < -0.3 is 20.1 Å². The van der Waals surface area contributed by atoms with Gasteiger partial charge in [-0.1, -0.05) is 6.07 Å². The fraction of sp³-hybridized carbons (Fsp3) is 0.600. The Labute approximate surface area is 130 Å². The van der Waals surface area contributed by atoms with Gasteiger partial charge in [0.25, 0.3) is 0 Å². The third-order valence-electron chi connectivity index (χ3n) is 4.00. The normalized spacial score (nSPS) is 23.5. The average Bonchev–Trinajstić information content (AvgIpc) is 2.56. The van der Waals surface area contributed by atoms with Crippen LogP contribution in [-0.2, 0) is 14.3 Å². The van der Waals surface area contributed by atoms with E-state index in [1.807, 2.05) is 17.0 Å². The molecule has 0 radical (unpaired) electrons. The number of morpholine rings is 2. The van der Waals surface area contributed by atoms with Crippen molar-refractivity contribution in [2.45, 2.75) is 6.10 Å². The second kappa shape index (κ2) is 7.04. The number of nitrogens with two attached hydrogens (primary N) is 1. The van der Waals surface area contributed by atoms with Gasteiger partial charge in [0.05, 0.1) is 32.1 Å². The minimum Gasteiger partial charge on any atom is -0.384 e. The van der Waals surface area contributed by atoms with Crippen LogP contribution in [0, 0.1) is 0 Å². The van der Waals surface area contributed by atoms with Gasteiger partial charge in [-0.25, -0.2) is 4.98 Å². The second-order valence-electron chi connectivity index (χ2n) is 5.58. The molecule has 0 unspecified atom stereocenters. The van der Waals surface area contributed by atoms with Crippen LogP contribution in [0.4, 0.5) is 5.82 Å². The van der Waals surface area contributed by atoms with Gasteiger partial charge in [-0.15, -0.1) is 0 Å². The van der Waals surface area contributed by atoms with Gasteiger partial charge in [-0.3, -0.25) is 9.69 Å². The first-order valence-corrected chi connectivity index (χ1v) is 7.64. The Balaban J connectivity index is 1.57. The molecule has 0 bridgehead atoms. The summed E-state index contributed by atoms with van der Waals surface area (Å²) in [6.45, 7) is 5.06. The molecule has 0 aliphatic carbocycles. The van der Waals surface area contributed by atoms with Crippen LogP contribution in [0.15, 0.2) is 18.2 Å². The van der Waals surface area contributed by atoms with Gasteiger partial charge in [0.1, 0.15) is 11.9 Å². The van der Waals surface area contributed by atoms with Crippen LogP contribution in [0.2, 0.25) is 0 Å². The predicted molar refractivity (Wildman–Crippen MR) is 81.2 cm³/mol. The quantitative estimate of drug-likeness (QED) is 0.839. The van der Waals surface area contributed by atoms with Gasteiger partial charge >= 0.3 is 0 Å². The maximum atomic E-state index is 12.3. The Morgan fingerprint density at radius 1 is 1.27 bits per heavy atom. The zero-order valence-electron chi connectivity index (χ0n) is 12.6. The number of nitrogens with zero attached hydrogens (tertiary/aromatic N) is 3. The maximum absolute atomic E-state index is 12.3. The Morgan fingerprint density at radius 2 is 2.09 bits per heavy atom. The van der Waals surface area contributed by atoms with Gasteiger partial charge in [-0.2, -0.15) is 0 Å². The highest BCUT2D eigenvalue weighted by Gasteiger charge is 2.26. The summed E-state index contributed by atoms with van der Waals surface area (Å²) >= 11 is 0. The molecule has 7 heteroatoms. The lowest BCUT2D eigenvalue weighted by atomic mass is 10.2. The number of ether oxygens (including phenoxy) is 2. The minimum absolute atomic E-state index is 0.130. The zero-order chi connectivity index (χ0) is 15.4. The number of amides is 1. The van der Waals surface area contributed by atoms with Crippen molar-refractivity contribution in [1.82, 2.24) is 14.8 Å². The number of hydrogen-bond acceptors (Lipinski definition) is 6. The summed E-state index contributed by atoms with van der Waals surface area (Å²) in [5, 5.41) is 0. The van der Waals surface area contributed by atoms with E-state index in [1.54, 1.807) is 6.07 Å². The van der Waals surface area contributed by atoms with Gasteiger partial charge in [0, 0.05) is 26.2 Å². The van der Waals surface area contributed by atoms with Crippen molar-refractivity contribution in [1.29, 1.82) is 0 Å². The van der Waals surface area contributed by atoms with E-state index in [2.05, 4.69) is 9.88 Å². The second-order valence-corrected chi connectivity index (χ2v) is 5.58. The van der Waals surface area contributed by atoms with Gasteiger partial charge in [-0.05, 0) is 12.1 Å². The summed E-state index contributed by atoms with van der Waals surface area (Å²) in [5.74, 6) is 0.645. The van der Waals surface area contributed by atoms with E-state index in [9.17, 15) is 4.79 Å². The molecule has 2 saturated heterocycles. The smallest absolute Gasteiger partial charge is 0.236 e. The lowest BCUT2D eigenvalue weighted by molar-refractivity contribution is -0.138. The molecule has 3 rings (SSSR count). The zero-order valence-corrected chi connectivity index (χ0v) is 12.6. The third-order valence-corrected chi connectivity index (χ3v) is 4.00. The molecule has 2 aliphatic rings. The highest BCUT2D eigenvalue weighted by Crippen LogP contribution is 2.21. The maximum Gasteiger partial charge on any atom is 0.236 e. The predicted octanol–water partition coefficient (Wildman–Crippen LogP) is -0.104. The van der Waals surface area contributed by atoms with Crippen molar-refractivity contribution in [2.75, 3.05) is 58.3 Å². The van der Waals surface area contributed by atoms with Crippen molar-refractivity contribution >= 4 is 11.7 Å². The molecule has 3 heterocycles. The van der Waals surface area contributed by atoms with Crippen molar-refractivity contribution in [2.24, 2.45) is 0 Å². The van der Waals surface area contributed by atoms with Crippen molar-refractivity contribution in [3.8, 4) is 0 Å². The molecule has 1 amide bonds. The summed E-state index contributed by atoms with van der Waals surface area (Å²) in [6.07, 6.45) is -0.130. The number of anilines is 1.